The summed E-state index contributed by atoms with van der Waals surface area (Å²) in [7, 11) is 0. The van der Waals surface area contributed by atoms with Crippen LogP contribution in [0.2, 0.25) is 0 Å². The molecule has 8 heavy (non-hydrogen) atoms. The Balaban J connectivity index is 1.74. The van der Waals surface area contributed by atoms with Crippen LogP contribution >= 0.6 is 12.0 Å². The fraction of sp³-hybridized carbons (Fsp3) is 1.00. The van der Waals surface area contributed by atoms with Gasteiger partial charge in [0.05, 0.1) is 0 Å². The van der Waals surface area contributed by atoms with E-state index in [4.69, 9.17) is 5.11 Å². The zero-order valence-electron chi connectivity index (χ0n) is 4.67. The molecule has 1 saturated carbocycles. The standard InChI is InChI=1S/C5H10O2S/c6-4-7-8-3-5-1-2-5/h5-6H,1-4H2. The molecule has 0 unspecified atom stereocenters. The molecule has 0 bridgehead atoms. The third kappa shape index (κ3) is 2.55. The van der Waals surface area contributed by atoms with Crippen molar-refractivity contribution in [3.8, 4) is 0 Å². The molecule has 0 amide bonds. The van der Waals surface area contributed by atoms with E-state index in [9.17, 15) is 0 Å². The molecule has 1 fully saturated rings. The minimum Gasteiger partial charge on any atom is -0.370 e. The summed E-state index contributed by atoms with van der Waals surface area (Å²) in [6.45, 7) is -0.155. The lowest BCUT2D eigenvalue weighted by Gasteiger charge is -1.93. The van der Waals surface area contributed by atoms with Crippen molar-refractivity contribution < 1.29 is 9.29 Å². The number of aliphatic hydroxyl groups excluding tert-OH is 1. The average molecular weight is 134 g/mol. The monoisotopic (exact) mass is 134 g/mol. The molecule has 1 aliphatic carbocycles. The molecule has 0 aliphatic heterocycles. The first-order valence-electron chi connectivity index (χ1n) is 2.78. The Morgan fingerprint density at radius 3 is 2.88 bits per heavy atom. The van der Waals surface area contributed by atoms with Gasteiger partial charge >= 0.3 is 0 Å². The van der Waals surface area contributed by atoms with Gasteiger partial charge in [-0.1, -0.05) is 0 Å². The summed E-state index contributed by atoms with van der Waals surface area (Å²) < 4.78 is 4.66. The summed E-state index contributed by atoms with van der Waals surface area (Å²) in [6.07, 6.45) is 2.70. The Kier molecular flexibility index (Phi) is 2.66. The molecule has 1 N–H and O–H groups in total. The molecule has 0 spiro atoms. The Hall–Kier alpha value is 0.270. The second kappa shape index (κ2) is 3.33. The highest BCUT2D eigenvalue weighted by Gasteiger charge is 2.20. The molecule has 1 aliphatic rings. The van der Waals surface area contributed by atoms with Gasteiger partial charge in [0, 0.05) is 5.75 Å². The Morgan fingerprint density at radius 2 is 2.38 bits per heavy atom. The maximum atomic E-state index is 8.16. The van der Waals surface area contributed by atoms with E-state index in [1.165, 1.54) is 24.9 Å². The van der Waals surface area contributed by atoms with E-state index in [0.29, 0.717) is 0 Å². The fourth-order valence-electron chi connectivity index (χ4n) is 0.466. The average Bonchev–Trinajstić information content (AvgIpc) is 2.51. The Labute approximate surface area is 53.4 Å². The van der Waals surface area contributed by atoms with Gasteiger partial charge in [0.25, 0.3) is 0 Å². The van der Waals surface area contributed by atoms with Crippen LogP contribution in [-0.4, -0.2) is 17.7 Å². The number of hydrogen-bond acceptors (Lipinski definition) is 3. The van der Waals surface area contributed by atoms with Crippen molar-refractivity contribution in [3.63, 3.8) is 0 Å². The molecule has 0 radical (unpaired) electrons. The first kappa shape index (κ1) is 6.39. The number of aliphatic hydroxyl groups is 1. The quantitative estimate of drug-likeness (QED) is 0.353. The first-order chi connectivity index (χ1) is 3.93. The molecule has 2 nitrogen and oxygen atoms in total. The maximum absolute atomic E-state index is 8.16. The van der Waals surface area contributed by atoms with E-state index in [0.717, 1.165) is 11.7 Å². The van der Waals surface area contributed by atoms with Crippen molar-refractivity contribution in [3.05, 3.63) is 0 Å². The lowest BCUT2D eigenvalue weighted by molar-refractivity contribution is 0.120. The van der Waals surface area contributed by atoms with E-state index in [-0.39, 0.29) is 6.79 Å². The van der Waals surface area contributed by atoms with Gasteiger partial charge in [0.15, 0.2) is 6.79 Å². The van der Waals surface area contributed by atoms with Crippen molar-refractivity contribution in [2.24, 2.45) is 5.92 Å². The smallest absolute Gasteiger partial charge is 0.156 e. The molecule has 0 aromatic carbocycles. The van der Waals surface area contributed by atoms with Gasteiger partial charge in [0.2, 0.25) is 0 Å². The zero-order chi connectivity index (χ0) is 5.82. The van der Waals surface area contributed by atoms with Gasteiger partial charge in [-0.2, -0.15) is 0 Å². The molecular weight excluding hydrogens is 124 g/mol. The summed E-state index contributed by atoms with van der Waals surface area (Å²) in [6, 6.07) is 0. The maximum Gasteiger partial charge on any atom is 0.156 e. The Bertz CT molecular complexity index is 63.4. The first-order valence-corrected chi connectivity index (χ1v) is 3.70. The summed E-state index contributed by atoms with van der Waals surface area (Å²) in [5, 5.41) is 8.16. The van der Waals surface area contributed by atoms with Crippen molar-refractivity contribution in [2.45, 2.75) is 12.8 Å². The summed E-state index contributed by atoms with van der Waals surface area (Å²) in [4.78, 5) is 0. The predicted molar refractivity (Wildman–Crippen MR) is 33.4 cm³/mol. The largest absolute Gasteiger partial charge is 0.370 e. The number of hydrogen-bond donors (Lipinski definition) is 1. The highest BCUT2D eigenvalue weighted by Crippen LogP contribution is 2.32. The molecule has 0 aromatic heterocycles. The molecule has 0 saturated heterocycles. The van der Waals surface area contributed by atoms with E-state index < -0.39 is 0 Å². The topological polar surface area (TPSA) is 29.5 Å². The van der Waals surface area contributed by atoms with E-state index in [2.05, 4.69) is 4.18 Å². The molecule has 3 heteroatoms. The normalized spacial score (nSPS) is 19.1. The van der Waals surface area contributed by atoms with Crippen LogP contribution in [0.25, 0.3) is 0 Å². The SMILES string of the molecule is OCOSCC1CC1. The minimum absolute atomic E-state index is 0.155. The fourth-order valence-corrected chi connectivity index (χ4v) is 1.16. The molecular formula is C5H10O2S. The van der Waals surface area contributed by atoms with Crippen LogP contribution in [0.5, 0.6) is 0 Å². The van der Waals surface area contributed by atoms with Crippen LogP contribution in [0, 0.1) is 5.92 Å². The summed E-state index contributed by atoms with van der Waals surface area (Å²) >= 11 is 1.37. The zero-order valence-corrected chi connectivity index (χ0v) is 5.49. The van der Waals surface area contributed by atoms with E-state index in [1.807, 2.05) is 0 Å². The second-order valence-corrected chi connectivity index (χ2v) is 2.78. The third-order valence-electron chi connectivity index (χ3n) is 1.14. The highest BCUT2D eigenvalue weighted by atomic mass is 32.2. The molecule has 48 valence electrons. The molecule has 0 aromatic rings. The van der Waals surface area contributed by atoms with Gasteiger partial charge in [0.1, 0.15) is 0 Å². The lowest BCUT2D eigenvalue weighted by atomic mass is 10.5. The van der Waals surface area contributed by atoms with Crippen LogP contribution in [0.15, 0.2) is 0 Å². The van der Waals surface area contributed by atoms with Crippen LogP contribution in [0.4, 0.5) is 0 Å². The van der Waals surface area contributed by atoms with Crippen molar-refractivity contribution in [2.75, 3.05) is 12.5 Å². The predicted octanol–water partition coefficient (Wildman–Crippen LogP) is 1.01. The van der Waals surface area contributed by atoms with Crippen molar-refractivity contribution >= 4 is 12.0 Å². The highest BCUT2D eigenvalue weighted by molar-refractivity contribution is 7.94. The van der Waals surface area contributed by atoms with Crippen molar-refractivity contribution in [1.82, 2.24) is 0 Å². The van der Waals surface area contributed by atoms with Gasteiger partial charge in [-0.25, -0.2) is 0 Å². The van der Waals surface area contributed by atoms with Crippen LogP contribution < -0.4 is 0 Å². The van der Waals surface area contributed by atoms with Crippen molar-refractivity contribution in [1.29, 1.82) is 0 Å². The number of rotatable bonds is 4. The van der Waals surface area contributed by atoms with Gasteiger partial charge < -0.3 is 5.11 Å². The van der Waals surface area contributed by atoms with Crippen LogP contribution in [-0.2, 0) is 4.18 Å². The third-order valence-corrected chi connectivity index (χ3v) is 2.02. The Morgan fingerprint density at radius 1 is 1.62 bits per heavy atom. The summed E-state index contributed by atoms with van der Waals surface area (Å²) in [5.74, 6) is 1.94. The molecule has 0 atom stereocenters. The van der Waals surface area contributed by atoms with E-state index >= 15 is 0 Å². The van der Waals surface area contributed by atoms with Gasteiger partial charge in [-0.05, 0) is 30.8 Å². The van der Waals surface area contributed by atoms with Gasteiger partial charge in [-0.15, -0.1) is 0 Å². The van der Waals surface area contributed by atoms with Crippen LogP contribution in [0.3, 0.4) is 0 Å². The molecule has 0 heterocycles. The summed E-state index contributed by atoms with van der Waals surface area (Å²) in [5.41, 5.74) is 0. The minimum atomic E-state index is -0.155. The second-order valence-electron chi connectivity index (χ2n) is 1.97. The van der Waals surface area contributed by atoms with Crippen LogP contribution in [0.1, 0.15) is 12.8 Å². The van der Waals surface area contributed by atoms with Gasteiger partial charge in [-0.3, -0.25) is 4.18 Å². The molecule has 1 rings (SSSR count). The van der Waals surface area contributed by atoms with E-state index in [1.54, 1.807) is 0 Å². The lowest BCUT2D eigenvalue weighted by Crippen LogP contribution is -1.85.